The van der Waals surface area contributed by atoms with Crippen molar-refractivity contribution in [2.45, 2.75) is 31.5 Å². The number of quaternary nitrogens is 1. The Bertz CT molecular complexity index is 792. The van der Waals surface area contributed by atoms with Crippen LogP contribution in [0.4, 0.5) is 5.69 Å². The Morgan fingerprint density at radius 3 is 2.89 bits per heavy atom. The third kappa shape index (κ3) is 3.23. The number of morpholine rings is 1. The van der Waals surface area contributed by atoms with E-state index >= 15 is 0 Å². The van der Waals surface area contributed by atoms with Crippen LogP contribution in [0.25, 0.3) is 0 Å². The van der Waals surface area contributed by atoms with Crippen molar-refractivity contribution < 1.29 is 23.8 Å². The minimum absolute atomic E-state index is 0.00773. The number of fused-ring (bicyclic) bond motifs is 1. The van der Waals surface area contributed by atoms with Crippen LogP contribution >= 0.6 is 0 Å². The van der Waals surface area contributed by atoms with Crippen LogP contribution in [0.1, 0.15) is 28.8 Å². The molecule has 4 rings (SSSR count). The van der Waals surface area contributed by atoms with Crippen LogP contribution < -0.4 is 16.0 Å². The first-order valence-electron chi connectivity index (χ1n) is 9.14. The molecule has 0 spiro atoms. The van der Waals surface area contributed by atoms with Gasteiger partial charge in [-0.1, -0.05) is 6.07 Å². The number of benzene rings is 1. The van der Waals surface area contributed by atoms with Crippen molar-refractivity contribution in [3.05, 3.63) is 34.5 Å². The maximum Gasteiger partial charge on any atom is 0.347 e. The molecule has 0 aliphatic carbocycles. The van der Waals surface area contributed by atoms with Crippen LogP contribution in [-0.2, 0) is 20.9 Å². The zero-order valence-corrected chi connectivity index (χ0v) is 14.8. The van der Waals surface area contributed by atoms with Gasteiger partial charge in [0.2, 0.25) is 5.91 Å². The molecule has 2 fully saturated rings. The van der Waals surface area contributed by atoms with E-state index in [0.717, 1.165) is 13.1 Å². The highest BCUT2D eigenvalue weighted by Gasteiger charge is 2.50. The van der Waals surface area contributed by atoms with E-state index in [1.54, 1.807) is 12.1 Å². The summed E-state index contributed by atoms with van der Waals surface area (Å²) in [5, 5.41) is 22.1. The molecule has 9 heteroatoms. The largest absolute Gasteiger partial charge is 0.624 e. The number of imide groups is 1. The van der Waals surface area contributed by atoms with Crippen molar-refractivity contribution in [2.24, 2.45) is 0 Å². The van der Waals surface area contributed by atoms with Gasteiger partial charge in [-0.25, -0.2) is 4.79 Å². The molecule has 144 valence electrons. The summed E-state index contributed by atoms with van der Waals surface area (Å²) in [6.07, 6.45) is 0.158. The normalized spacial score (nSPS) is 30.8. The second-order valence-electron chi connectivity index (χ2n) is 7.14. The topological polar surface area (TPSA) is 120 Å². The smallest absolute Gasteiger partial charge is 0.347 e. The monoisotopic (exact) mass is 374 g/mol. The summed E-state index contributed by atoms with van der Waals surface area (Å²) >= 11 is 0. The Morgan fingerprint density at radius 2 is 2.15 bits per heavy atom. The van der Waals surface area contributed by atoms with Crippen LogP contribution in [0, 0.1) is 5.21 Å². The molecular formula is C18H22N4O5. The summed E-state index contributed by atoms with van der Waals surface area (Å²) in [6, 6.07) is 4.06. The fourth-order valence-corrected chi connectivity index (χ4v) is 3.94. The van der Waals surface area contributed by atoms with Gasteiger partial charge in [0.1, 0.15) is 6.54 Å². The van der Waals surface area contributed by atoms with Crippen molar-refractivity contribution >= 4 is 23.4 Å². The summed E-state index contributed by atoms with van der Waals surface area (Å²) in [7, 11) is 0. The van der Waals surface area contributed by atoms with Gasteiger partial charge >= 0.3 is 5.91 Å². The first-order valence-corrected chi connectivity index (χ1v) is 9.14. The van der Waals surface area contributed by atoms with E-state index in [1.807, 2.05) is 6.07 Å². The average Bonchev–Trinajstić information content (AvgIpc) is 2.93. The zero-order chi connectivity index (χ0) is 19.0. The van der Waals surface area contributed by atoms with E-state index in [9.17, 15) is 19.6 Å². The molecule has 3 aliphatic rings. The van der Waals surface area contributed by atoms with Gasteiger partial charge in [-0.3, -0.25) is 19.6 Å². The summed E-state index contributed by atoms with van der Waals surface area (Å²) in [6.45, 7) is 2.64. The second-order valence-corrected chi connectivity index (χ2v) is 7.14. The minimum Gasteiger partial charge on any atom is -0.624 e. The molecule has 3 N–H and O–H groups in total. The Kier molecular flexibility index (Phi) is 4.68. The molecule has 3 amide bonds. The maximum absolute atomic E-state index is 13.4. The Morgan fingerprint density at radius 1 is 1.30 bits per heavy atom. The molecule has 1 aromatic rings. The lowest BCUT2D eigenvalue weighted by Crippen LogP contribution is -2.60. The van der Waals surface area contributed by atoms with Crippen molar-refractivity contribution in [1.29, 1.82) is 0 Å². The molecular weight excluding hydrogens is 352 g/mol. The highest BCUT2D eigenvalue weighted by atomic mass is 16.6. The Balaban J connectivity index is 1.54. The molecule has 9 nitrogen and oxygen atoms in total. The van der Waals surface area contributed by atoms with Crippen molar-refractivity contribution in [1.82, 2.24) is 10.6 Å². The molecule has 0 bridgehead atoms. The van der Waals surface area contributed by atoms with Gasteiger partial charge < -0.3 is 20.6 Å². The van der Waals surface area contributed by atoms with Gasteiger partial charge in [0.15, 0.2) is 6.04 Å². The van der Waals surface area contributed by atoms with E-state index in [1.165, 1.54) is 0 Å². The lowest BCUT2D eigenvalue weighted by atomic mass is 10.0. The number of amides is 3. The van der Waals surface area contributed by atoms with Gasteiger partial charge in [0.25, 0.3) is 5.91 Å². The van der Waals surface area contributed by atoms with Gasteiger partial charge in [-0.05, 0) is 12.1 Å². The van der Waals surface area contributed by atoms with Crippen LogP contribution in [-0.4, -0.2) is 60.8 Å². The number of carbonyl (C=O) groups is 3. The number of nitrogens with one attached hydrogen (secondary N) is 3. The molecule has 3 heterocycles. The fourth-order valence-electron chi connectivity index (χ4n) is 3.94. The predicted molar refractivity (Wildman–Crippen MR) is 95.4 cm³/mol. The molecule has 0 saturated carbocycles. The minimum atomic E-state index is -1.27. The molecule has 3 atom stereocenters. The van der Waals surface area contributed by atoms with Crippen LogP contribution in [0.2, 0.25) is 0 Å². The number of piperidine rings is 1. The number of rotatable bonds is 4. The number of ether oxygens (including phenoxy) is 1. The molecule has 0 aromatic heterocycles. The zero-order valence-electron chi connectivity index (χ0n) is 14.8. The Labute approximate surface area is 156 Å². The SMILES string of the molecule is O=C1CCC([N+]2([O-])Cc3c(NC[C@@H]4CNCCO4)cccc3C2=O)C(=O)N1. The summed E-state index contributed by atoms with van der Waals surface area (Å²) in [5.74, 6) is -1.70. The highest BCUT2D eigenvalue weighted by Crippen LogP contribution is 2.37. The average molecular weight is 374 g/mol. The van der Waals surface area contributed by atoms with E-state index < -0.39 is 28.4 Å². The van der Waals surface area contributed by atoms with E-state index in [2.05, 4.69) is 16.0 Å². The molecule has 1 aromatic carbocycles. The van der Waals surface area contributed by atoms with Crippen molar-refractivity contribution in [3.63, 3.8) is 0 Å². The summed E-state index contributed by atoms with van der Waals surface area (Å²) in [4.78, 5) is 36.4. The van der Waals surface area contributed by atoms with E-state index in [4.69, 9.17) is 4.74 Å². The van der Waals surface area contributed by atoms with Crippen LogP contribution in [0.15, 0.2) is 18.2 Å². The maximum atomic E-state index is 13.4. The lowest BCUT2D eigenvalue weighted by molar-refractivity contribution is -0.825. The molecule has 2 unspecified atom stereocenters. The van der Waals surface area contributed by atoms with Gasteiger partial charge in [0, 0.05) is 43.7 Å². The number of nitrogens with zero attached hydrogens (tertiary/aromatic N) is 1. The van der Waals surface area contributed by atoms with Gasteiger partial charge in [0.05, 0.1) is 18.3 Å². The first-order chi connectivity index (χ1) is 13.0. The summed E-state index contributed by atoms with van der Waals surface area (Å²) in [5.41, 5.74) is 1.66. The van der Waals surface area contributed by atoms with Crippen molar-refractivity contribution in [2.75, 3.05) is 31.6 Å². The third-order valence-corrected chi connectivity index (χ3v) is 5.38. The van der Waals surface area contributed by atoms with Crippen molar-refractivity contribution in [3.8, 4) is 0 Å². The first kappa shape index (κ1) is 18.1. The standard InChI is InChI=1S/C18H22N4O5/c23-16-5-4-15(17(24)21-16)22(26)10-13-12(18(22)25)2-1-3-14(13)20-9-11-8-19-6-7-27-11/h1-3,11,15,19-20H,4-10H2,(H,21,23,24)/t11-,15?,22?/m0/s1. The predicted octanol–water partition coefficient (Wildman–Crippen LogP) is -0.139. The van der Waals surface area contributed by atoms with Crippen LogP contribution in [0.5, 0.6) is 0 Å². The summed E-state index contributed by atoms with van der Waals surface area (Å²) < 4.78 is 4.39. The third-order valence-electron chi connectivity index (χ3n) is 5.38. The van der Waals surface area contributed by atoms with Crippen LogP contribution in [0.3, 0.4) is 0 Å². The highest BCUT2D eigenvalue weighted by molar-refractivity contribution is 6.02. The van der Waals surface area contributed by atoms with E-state index in [0.29, 0.717) is 30.0 Å². The number of hydrogen-bond acceptors (Lipinski definition) is 7. The molecule has 0 radical (unpaired) electrons. The molecule has 27 heavy (non-hydrogen) atoms. The lowest BCUT2D eigenvalue weighted by Gasteiger charge is -2.42. The van der Waals surface area contributed by atoms with Gasteiger partial charge in [-0.15, -0.1) is 0 Å². The fraction of sp³-hybridized carbons (Fsp3) is 0.500. The quantitative estimate of drug-likeness (QED) is 0.381. The number of carbonyl (C=O) groups excluding carboxylic acids is 3. The number of hydroxylamine groups is 3. The number of hydrogen-bond donors (Lipinski definition) is 3. The molecule has 3 aliphatic heterocycles. The van der Waals surface area contributed by atoms with Gasteiger partial charge in [-0.2, -0.15) is 0 Å². The van der Waals surface area contributed by atoms with E-state index in [-0.39, 0.29) is 25.5 Å². The Hall–Kier alpha value is -2.33. The molecule has 2 saturated heterocycles. The second kappa shape index (κ2) is 7.01. The number of anilines is 1.